The summed E-state index contributed by atoms with van der Waals surface area (Å²) in [4.78, 5) is 45.9. The zero-order valence-corrected chi connectivity index (χ0v) is 22.3. The summed E-state index contributed by atoms with van der Waals surface area (Å²) in [6.45, 7) is 2.31. The second kappa shape index (κ2) is 12.3. The number of thioether (sulfide) groups is 1. The molecule has 37 heavy (non-hydrogen) atoms. The van der Waals surface area contributed by atoms with Gasteiger partial charge < -0.3 is 30.1 Å². The quantitative estimate of drug-likeness (QED) is 0.386. The van der Waals surface area contributed by atoms with Crippen LogP contribution in [0.25, 0.3) is 0 Å². The number of urea groups is 1. The molecule has 2 aliphatic heterocycles. The van der Waals surface area contributed by atoms with Gasteiger partial charge in [-0.15, -0.1) is 11.8 Å². The van der Waals surface area contributed by atoms with E-state index in [-0.39, 0.29) is 24.4 Å². The van der Waals surface area contributed by atoms with Crippen LogP contribution in [0.3, 0.4) is 0 Å². The Morgan fingerprint density at radius 1 is 1.05 bits per heavy atom. The van der Waals surface area contributed by atoms with Crippen LogP contribution in [0.5, 0.6) is 0 Å². The first-order valence-corrected chi connectivity index (χ1v) is 13.8. The van der Waals surface area contributed by atoms with E-state index >= 15 is 0 Å². The molecule has 2 aromatic carbocycles. The van der Waals surface area contributed by atoms with Crippen molar-refractivity contribution in [2.24, 2.45) is 0 Å². The SMILES string of the molecule is COCCCNC(=O)CN1CN(c2ccccc2)C2(CCN(C(=O)Nc3ccc(SC)cc3)CC2)C1=O. The van der Waals surface area contributed by atoms with Crippen molar-refractivity contribution in [1.29, 1.82) is 0 Å². The van der Waals surface area contributed by atoms with Gasteiger partial charge >= 0.3 is 6.03 Å². The number of nitrogens with zero attached hydrogens (tertiary/aromatic N) is 3. The molecule has 2 aliphatic rings. The molecular formula is C27H35N5O4S. The molecule has 0 radical (unpaired) electrons. The summed E-state index contributed by atoms with van der Waals surface area (Å²) >= 11 is 1.65. The zero-order chi connectivity index (χ0) is 26.3. The van der Waals surface area contributed by atoms with Gasteiger partial charge in [0.1, 0.15) is 12.1 Å². The molecule has 2 saturated heterocycles. The van der Waals surface area contributed by atoms with Gasteiger partial charge in [-0.05, 0) is 61.9 Å². The maximum atomic E-state index is 13.8. The molecule has 0 bridgehead atoms. The van der Waals surface area contributed by atoms with Crippen LogP contribution in [0, 0.1) is 0 Å². The molecule has 2 N–H and O–H groups in total. The van der Waals surface area contributed by atoms with Crippen molar-refractivity contribution < 1.29 is 19.1 Å². The predicted molar refractivity (Wildman–Crippen MR) is 146 cm³/mol. The van der Waals surface area contributed by atoms with E-state index in [2.05, 4.69) is 15.5 Å². The van der Waals surface area contributed by atoms with Crippen LogP contribution in [0.1, 0.15) is 19.3 Å². The molecule has 0 unspecified atom stereocenters. The standard InChI is InChI=1S/C27H35N5O4S/c1-36-18-6-15-28-24(33)19-31-20-32(22-7-4-3-5-8-22)27(25(31)34)13-16-30(17-14-27)26(35)29-21-9-11-23(37-2)12-10-21/h3-5,7-12H,6,13-20H2,1-2H3,(H,28,33)(H,29,35). The van der Waals surface area contributed by atoms with Crippen LogP contribution in [-0.4, -0.2) is 86.0 Å². The van der Waals surface area contributed by atoms with E-state index in [0.29, 0.717) is 45.8 Å². The number of carbonyl (C=O) groups excluding carboxylic acids is 3. The van der Waals surface area contributed by atoms with Gasteiger partial charge in [-0.3, -0.25) is 9.59 Å². The van der Waals surface area contributed by atoms with Crippen LogP contribution < -0.4 is 15.5 Å². The number of hydrogen-bond acceptors (Lipinski definition) is 6. The fraction of sp³-hybridized carbons (Fsp3) is 0.444. The highest BCUT2D eigenvalue weighted by Crippen LogP contribution is 2.39. The fourth-order valence-electron chi connectivity index (χ4n) is 4.95. The molecule has 0 saturated carbocycles. The molecule has 0 atom stereocenters. The summed E-state index contributed by atoms with van der Waals surface area (Å²) in [7, 11) is 1.63. The molecule has 198 valence electrons. The minimum Gasteiger partial charge on any atom is -0.385 e. The number of rotatable bonds is 9. The van der Waals surface area contributed by atoms with Gasteiger partial charge in [0.15, 0.2) is 0 Å². The Morgan fingerprint density at radius 2 is 1.76 bits per heavy atom. The Balaban J connectivity index is 1.43. The normalized spacial score (nSPS) is 16.8. The Labute approximate surface area is 222 Å². The van der Waals surface area contributed by atoms with Gasteiger partial charge in [0, 0.05) is 49.6 Å². The third-order valence-corrected chi connectivity index (χ3v) is 7.73. The number of likely N-dealkylation sites (tertiary alicyclic amines) is 1. The van der Waals surface area contributed by atoms with E-state index in [9.17, 15) is 14.4 Å². The summed E-state index contributed by atoms with van der Waals surface area (Å²) < 4.78 is 5.02. The lowest BCUT2D eigenvalue weighted by molar-refractivity contribution is -0.137. The van der Waals surface area contributed by atoms with Crippen molar-refractivity contribution >= 4 is 41.0 Å². The number of benzene rings is 2. The maximum Gasteiger partial charge on any atom is 0.321 e. The summed E-state index contributed by atoms with van der Waals surface area (Å²) in [6.07, 6.45) is 3.71. The third-order valence-electron chi connectivity index (χ3n) is 6.98. The average Bonchev–Trinajstić information content (AvgIpc) is 3.18. The molecule has 0 aromatic heterocycles. The first-order chi connectivity index (χ1) is 18.0. The van der Waals surface area contributed by atoms with Crippen LogP contribution >= 0.6 is 11.8 Å². The first-order valence-electron chi connectivity index (χ1n) is 12.5. The molecule has 2 fully saturated rings. The molecule has 4 rings (SSSR count). The maximum absolute atomic E-state index is 13.8. The van der Waals surface area contributed by atoms with Crippen molar-refractivity contribution in [3.05, 3.63) is 54.6 Å². The second-order valence-corrected chi connectivity index (χ2v) is 10.2. The summed E-state index contributed by atoms with van der Waals surface area (Å²) in [5.41, 5.74) is 0.897. The van der Waals surface area contributed by atoms with Gasteiger partial charge in [0.2, 0.25) is 5.91 Å². The van der Waals surface area contributed by atoms with Crippen molar-refractivity contribution in [1.82, 2.24) is 15.1 Å². The minimum atomic E-state index is -0.783. The molecule has 4 amide bonds. The molecule has 10 heteroatoms. The molecular weight excluding hydrogens is 490 g/mol. The highest BCUT2D eigenvalue weighted by Gasteiger charge is 2.54. The number of nitrogens with one attached hydrogen (secondary N) is 2. The van der Waals surface area contributed by atoms with Gasteiger partial charge in [-0.2, -0.15) is 0 Å². The largest absolute Gasteiger partial charge is 0.385 e. The second-order valence-electron chi connectivity index (χ2n) is 9.28. The predicted octanol–water partition coefficient (Wildman–Crippen LogP) is 3.23. The molecule has 2 aromatic rings. The Kier molecular flexibility index (Phi) is 8.94. The van der Waals surface area contributed by atoms with Gasteiger partial charge in [0.25, 0.3) is 5.91 Å². The number of carbonyl (C=O) groups is 3. The number of ether oxygens (including phenoxy) is 1. The Hall–Kier alpha value is -3.24. The summed E-state index contributed by atoms with van der Waals surface area (Å²) in [6, 6.07) is 17.4. The number of methoxy groups -OCH3 is 1. The van der Waals surface area contributed by atoms with Crippen molar-refractivity contribution in [2.75, 3.05) is 63.0 Å². The van der Waals surface area contributed by atoms with Gasteiger partial charge in [-0.1, -0.05) is 18.2 Å². The monoisotopic (exact) mass is 525 g/mol. The highest BCUT2D eigenvalue weighted by atomic mass is 32.2. The topological polar surface area (TPSA) is 94.2 Å². The Bertz CT molecular complexity index is 1070. The molecule has 1 spiro atoms. The highest BCUT2D eigenvalue weighted by molar-refractivity contribution is 7.98. The van der Waals surface area contributed by atoms with E-state index < -0.39 is 5.54 Å². The molecule has 0 aliphatic carbocycles. The molecule has 2 heterocycles. The minimum absolute atomic E-state index is 0.00708. The number of anilines is 2. The third kappa shape index (κ3) is 6.19. The number of hydrogen-bond donors (Lipinski definition) is 2. The van der Waals surface area contributed by atoms with Crippen molar-refractivity contribution in [2.45, 2.75) is 29.7 Å². The van der Waals surface area contributed by atoms with Crippen LogP contribution in [0.4, 0.5) is 16.2 Å². The summed E-state index contributed by atoms with van der Waals surface area (Å²) in [5, 5.41) is 5.84. The first kappa shape index (κ1) is 26.8. The van der Waals surface area contributed by atoms with E-state index in [1.54, 1.807) is 28.7 Å². The lowest BCUT2D eigenvalue weighted by Gasteiger charge is -2.43. The average molecular weight is 526 g/mol. The Morgan fingerprint density at radius 3 is 2.41 bits per heavy atom. The van der Waals surface area contributed by atoms with Crippen molar-refractivity contribution in [3.8, 4) is 0 Å². The van der Waals surface area contributed by atoms with Crippen LogP contribution in [-0.2, 0) is 14.3 Å². The number of para-hydroxylation sites is 1. The smallest absolute Gasteiger partial charge is 0.321 e. The van der Waals surface area contributed by atoms with Gasteiger partial charge in [-0.25, -0.2) is 4.79 Å². The van der Waals surface area contributed by atoms with Crippen molar-refractivity contribution in [3.63, 3.8) is 0 Å². The lowest BCUT2D eigenvalue weighted by atomic mass is 9.85. The van der Waals surface area contributed by atoms with E-state index in [4.69, 9.17) is 4.74 Å². The van der Waals surface area contributed by atoms with Gasteiger partial charge in [0.05, 0.1) is 6.67 Å². The number of piperidine rings is 1. The molecule has 9 nitrogen and oxygen atoms in total. The van der Waals surface area contributed by atoms with E-state index in [0.717, 1.165) is 22.7 Å². The van der Waals surface area contributed by atoms with Crippen LogP contribution in [0.15, 0.2) is 59.5 Å². The summed E-state index contributed by atoms with van der Waals surface area (Å²) in [5.74, 6) is -0.241. The van der Waals surface area contributed by atoms with E-state index in [1.165, 1.54) is 0 Å². The van der Waals surface area contributed by atoms with E-state index in [1.807, 2.05) is 60.9 Å². The fourth-order valence-corrected chi connectivity index (χ4v) is 5.36. The number of amides is 4. The van der Waals surface area contributed by atoms with Crippen LogP contribution in [0.2, 0.25) is 0 Å². The lowest BCUT2D eigenvalue weighted by Crippen LogP contribution is -2.58. The zero-order valence-electron chi connectivity index (χ0n) is 21.4.